The van der Waals surface area contributed by atoms with Crippen LogP contribution in [0.5, 0.6) is 0 Å². The Kier molecular flexibility index (Phi) is 4.15. The lowest BCUT2D eigenvalue weighted by Crippen LogP contribution is -2.29. The number of pyridine rings is 1. The zero-order valence-electron chi connectivity index (χ0n) is 10.7. The van der Waals surface area contributed by atoms with Crippen molar-refractivity contribution >= 4 is 11.8 Å². The molecule has 1 aromatic heterocycles. The van der Waals surface area contributed by atoms with E-state index in [2.05, 4.69) is 10.3 Å². The maximum absolute atomic E-state index is 12.4. The topological polar surface area (TPSA) is 62.2 Å². The maximum Gasteiger partial charge on any atom is 0.417 e. The van der Waals surface area contributed by atoms with Gasteiger partial charge in [-0.05, 0) is 37.8 Å². The summed E-state index contributed by atoms with van der Waals surface area (Å²) in [5, 5.41) is 11.9. The van der Waals surface area contributed by atoms with Crippen LogP contribution in [0.4, 0.5) is 19.0 Å². The van der Waals surface area contributed by atoms with Crippen LogP contribution in [0.2, 0.25) is 0 Å². The molecule has 7 heteroatoms. The average molecular weight is 288 g/mol. The van der Waals surface area contributed by atoms with Gasteiger partial charge in [0, 0.05) is 12.2 Å². The molecule has 0 amide bonds. The number of hydrogen-bond donors (Lipinski definition) is 2. The van der Waals surface area contributed by atoms with Crippen LogP contribution >= 0.6 is 0 Å². The first-order valence-electron chi connectivity index (χ1n) is 6.39. The van der Waals surface area contributed by atoms with Crippen LogP contribution in [-0.2, 0) is 11.0 Å². The van der Waals surface area contributed by atoms with Crippen molar-refractivity contribution in [3.63, 3.8) is 0 Å². The number of carbonyl (C=O) groups is 1. The van der Waals surface area contributed by atoms with E-state index in [9.17, 15) is 18.0 Å². The van der Waals surface area contributed by atoms with Gasteiger partial charge in [0.15, 0.2) is 0 Å². The molecule has 0 unspecified atom stereocenters. The Morgan fingerprint density at radius 3 is 2.35 bits per heavy atom. The number of carboxylic acids is 1. The molecule has 2 rings (SSSR count). The summed E-state index contributed by atoms with van der Waals surface area (Å²) in [4.78, 5) is 14.6. The SMILES string of the molecule is O=C(O)C1CCC(Nc2ccc(C(F)(F)F)cn2)CC1. The second-order valence-corrected chi connectivity index (χ2v) is 4.96. The molecular weight excluding hydrogens is 273 g/mol. The van der Waals surface area contributed by atoms with E-state index in [0.29, 0.717) is 31.5 Å². The van der Waals surface area contributed by atoms with Crippen LogP contribution < -0.4 is 5.32 Å². The van der Waals surface area contributed by atoms with Gasteiger partial charge in [-0.25, -0.2) is 4.98 Å². The van der Waals surface area contributed by atoms with Gasteiger partial charge in [-0.3, -0.25) is 4.79 Å². The van der Waals surface area contributed by atoms with Crippen LogP contribution in [0.15, 0.2) is 18.3 Å². The Hall–Kier alpha value is -1.79. The van der Waals surface area contributed by atoms with E-state index in [1.54, 1.807) is 0 Å². The molecule has 0 saturated heterocycles. The predicted molar refractivity (Wildman–Crippen MR) is 66.2 cm³/mol. The third kappa shape index (κ3) is 3.61. The molecule has 20 heavy (non-hydrogen) atoms. The van der Waals surface area contributed by atoms with Crippen molar-refractivity contribution < 1.29 is 23.1 Å². The van der Waals surface area contributed by atoms with Crippen molar-refractivity contribution in [2.45, 2.75) is 37.9 Å². The van der Waals surface area contributed by atoms with E-state index in [-0.39, 0.29) is 12.0 Å². The van der Waals surface area contributed by atoms with Crippen LogP contribution in [0.25, 0.3) is 0 Å². The van der Waals surface area contributed by atoms with E-state index in [0.717, 1.165) is 12.3 Å². The van der Waals surface area contributed by atoms with E-state index in [4.69, 9.17) is 5.11 Å². The largest absolute Gasteiger partial charge is 0.481 e. The highest BCUT2D eigenvalue weighted by atomic mass is 19.4. The number of aromatic nitrogens is 1. The summed E-state index contributed by atoms with van der Waals surface area (Å²) in [7, 11) is 0. The van der Waals surface area contributed by atoms with Gasteiger partial charge < -0.3 is 10.4 Å². The zero-order valence-corrected chi connectivity index (χ0v) is 10.7. The van der Waals surface area contributed by atoms with Crippen molar-refractivity contribution in [3.05, 3.63) is 23.9 Å². The fourth-order valence-electron chi connectivity index (χ4n) is 2.34. The molecule has 1 aliphatic rings. The molecule has 2 N–H and O–H groups in total. The molecule has 1 fully saturated rings. The summed E-state index contributed by atoms with van der Waals surface area (Å²) in [6.45, 7) is 0. The Balaban J connectivity index is 1.90. The van der Waals surface area contributed by atoms with E-state index >= 15 is 0 Å². The van der Waals surface area contributed by atoms with Gasteiger partial charge in [0.2, 0.25) is 0 Å². The molecule has 1 aromatic rings. The first-order valence-corrected chi connectivity index (χ1v) is 6.39. The van der Waals surface area contributed by atoms with E-state index in [1.807, 2.05) is 0 Å². The van der Waals surface area contributed by atoms with Crippen molar-refractivity contribution in [1.29, 1.82) is 0 Å². The van der Waals surface area contributed by atoms with Crippen LogP contribution in [-0.4, -0.2) is 22.1 Å². The van der Waals surface area contributed by atoms with Gasteiger partial charge in [0.1, 0.15) is 5.82 Å². The van der Waals surface area contributed by atoms with Gasteiger partial charge in [-0.1, -0.05) is 0 Å². The van der Waals surface area contributed by atoms with E-state index in [1.165, 1.54) is 6.07 Å². The average Bonchev–Trinajstić information content (AvgIpc) is 2.39. The van der Waals surface area contributed by atoms with E-state index < -0.39 is 17.7 Å². The van der Waals surface area contributed by atoms with Gasteiger partial charge in [-0.2, -0.15) is 13.2 Å². The highest BCUT2D eigenvalue weighted by molar-refractivity contribution is 5.70. The molecule has 1 heterocycles. The number of halogens is 3. The van der Waals surface area contributed by atoms with Crippen molar-refractivity contribution in [2.24, 2.45) is 5.92 Å². The molecule has 4 nitrogen and oxygen atoms in total. The standard InChI is InChI=1S/C13H15F3N2O2/c14-13(15,16)9-3-6-11(17-7-9)18-10-4-1-8(2-5-10)12(19)20/h3,6-8,10H,1-2,4-5H2,(H,17,18)(H,19,20). The van der Waals surface area contributed by atoms with Crippen LogP contribution in [0.3, 0.4) is 0 Å². The smallest absolute Gasteiger partial charge is 0.417 e. The summed E-state index contributed by atoms with van der Waals surface area (Å²) < 4.78 is 37.1. The molecule has 0 spiro atoms. The highest BCUT2D eigenvalue weighted by Gasteiger charge is 2.31. The van der Waals surface area contributed by atoms with Gasteiger partial charge >= 0.3 is 12.1 Å². The minimum absolute atomic E-state index is 0.0647. The van der Waals surface area contributed by atoms with Crippen LogP contribution in [0, 0.1) is 5.92 Å². The Morgan fingerprint density at radius 1 is 1.25 bits per heavy atom. The fraction of sp³-hybridized carbons (Fsp3) is 0.538. The number of carboxylic acid groups (broad SMARTS) is 1. The summed E-state index contributed by atoms with van der Waals surface area (Å²) in [5.74, 6) is -0.707. The first kappa shape index (κ1) is 14.6. The number of rotatable bonds is 3. The minimum atomic E-state index is -4.38. The Bertz CT molecular complexity index is 465. The van der Waals surface area contributed by atoms with Crippen molar-refractivity contribution in [2.75, 3.05) is 5.32 Å². The number of nitrogens with zero attached hydrogens (tertiary/aromatic N) is 1. The van der Waals surface area contributed by atoms with Gasteiger partial charge in [-0.15, -0.1) is 0 Å². The number of aliphatic carboxylic acids is 1. The second kappa shape index (κ2) is 5.68. The molecule has 110 valence electrons. The van der Waals surface area contributed by atoms with Crippen LogP contribution in [0.1, 0.15) is 31.2 Å². The quantitative estimate of drug-likeness (QED) is 0.897. The minimum Gasteiger partial charge on any atom is -0.481 e. The first-order chi connectivity index (χ1) is 9.36. The maximum atomic E-state index is 12.4. The normalized spacial score (nSPS) is 23.4. The third-order valence-corrected chi connectivity index (χ3v) is 3.52. The lowest BCUT2D eigenvalue weighted by atomic mass is 9.86. The Morgan fingerprint density at radius 2 is 1.90 bits per heavy atom. The second-order valence-electron chi connectivity index (χ2n) is 4.96. The molecule has 0 aliphatic heterocycles. The zero-order chi connectivity index (χ0) is 14.8. The lowest BCUT2D eigenvalue weighted by molar-refractivity contribution is -0.142. The van der Waals surface area contributed by atoms with Gasteiger partial charge in [0.25, 0.3) is 0 Å². The molecule has 0 aromatic carbocycles. The predicted octanol–water partition coefficient (Wildman–Crippen LogP) is 3.16. The van der Waals surface area contributed by atoms with Crippen molar-refractivity contribution in [3.8, 4) is 0 Å². The third-order valence-electron chi connectivity index (χ3n) is 3.52. The molecule has 0 atom stereocenters. The number of anilines is 1. The summed E-state index contributed by atoms with van der Waals surface area (Å²) in [5.41, 5.74) is -0.780. The fourth-order valence-corrected chi connectivity index (χ4v) is 2.34. The number of hydrogen-bond acceptors (Lipinski definition) is 3. The monoisotopic (exact) mass is 288 g/mol. The summed E-state index contributed by atoms with van der Waals surface area (Å²) in [6.07, 6.45) is -1.07. The number of nitrogens with one attached hydrogen (secondary N) is 1. The Labute approximate surface area is 114 Å². The molecule has 1 aliphatic carbocycles. The molecule has 0 radical (unpaired) electrons. The van der Waals surface area contributed by atoms with Crippen molar-refractivity contribution in [1.82, 2.24) is 4.98 Å². The van der Waals surface area contributed by atoms with Gasteiger partial charge in [0.05, 0.1) is 11.5 Å². The summed E-state index contributed by atoms with van der Waals surface area (Å²) in [6, 6.07) is 2.35. The lowest BCUT2D eigenvalue weighted by Gasteiger charge is -2.27. The molecule has 1 saturated carbocycles. The molecule has 0 bridgehead atoms. The summed E-state index contributed by atoms with van der Waals surface area (Å²) >= 11 is 0. The number of alkyl halides is 3. The molecular formula is C13H15F3N2O2. The highest BCUT2D eigenvalue weighted by Crippen LogP contribution is 2.30.